The normalized spacial score (nSPS) is 12.7. The van der Waals surface area contributed by atoms with Crippen LogP contribution in [0, 0.1) is 0 Å². The Kier molecular flexibility index (Phi) is 5.85. The number of nitrogens with one attached hydrogen (secondary N) is 2. The SMILES string of the molecule is CN(C)c1ccc(C[NH+](C)CC(=O)Nc2cc(C(C)(C)C)no2)cc1. The zero-order valence-electron chi connectivity index (χ0n) is 16.0. The lowest BCUT2D eigenvalue weighted by Gasteiger charge is -2.15. The molecule has 1 heterocycles. The van der Waals surface area contributed by atoms with Gasteiger partial charge >= 0.3 is 0 Å². The van der Waals surface area contributed by atoms with Gasteiger partial charge in [0.25, 0.3) is 5.91 Å². The fraction of sp³-hybridized carbons (Fsp3) is 0.474. The number of aromatic nitrogens is 1. The zero-order valence-corrected chi connectivity index (χ0v) is 16.0. The van der Waals surface area contributed by atoms with E-state index < -0.39 is 0 Å². The average Bonchev–Trinajstić information content (AvgIpc) is 2.96. The van der Waals surface area contributed by atoms with Crippen molar-refractivity contribution in [3.8, 4) is 0 Å². The second-order valence-corrected chi connectivity index (χ2v) is 7.75. The van der Waals surface area contributed by atoms with E-state index >= 15 is 0 Å². The fourth-order valence-corrected chi connectivity index (χ4v) is 2.47. The average molecular weight is 345 g/mol. The highest BCUT2D eigenvalue weighted by atomic mass is 16.5. The number of hydrogen-bond acceptors (Lipinski definition) is 4. The Hall–Kier alpha value is -2.34. The maximum atomic E-state index is 12.2. The summed E-state index contributed by atoms with van der Waals surface area (Å²) in [6.07, 6.45) is 0. The first-order chi connectivity index (χ1) is 11.6. The van der Waals surface area contributed by atoms with Gasteiger partial charge in [-0.25, -0.2) is 0 Å². The summed E-state index contributed by atoms with van der Waals surface area (Å²) in [5.74, 6) is 0.317. The van der Waals surface area contributed by atoms with Crippen molar-refractivity contribution in [3.63, 3.8) is 0 Å². The van der Waals surface area contributed by atoms with Gasteiger partial charge in [0.15, 0.2) is 6.54 Å². The van der Waals surface area contributed by atoms with Crippen molar-refractivity contribution in [1.29, 1.82) is 0 Å². The number of carbonyl (C=O) groups is 1. The van der Waals surface area contributed by atoms with E-state index in [1.807, 2.05) is 21.1 Å². The molecule has 1 aromatic heterocycles. The summed E-state index contributed by atoms with van der Waals surface area (Å²) in [5, 5.41) is 6.79. The van der Waals surface area contributed by atoms with E-state index in [1.54, 1.807) is 6.07 Å². The van der Waals surface area contributed by atoms with E-state index in [4.69, 9.17) is 4.52 Å². The zero-order chi connectivity index (χ0) is 18.6. The molecule has 0 saturated carbocycles. The van der Waals surface area contributed by atoms with Gasteiger partial charge in [0, 0.05) is 36.8 Å². The molecule has 1 unspecified atom stereocenters. The largest absolute Gasteiger partial charge is 0.378 e. The molecule has 0 spiro atoms. The molecule has 0 bridgehead atoms. The molecule has 0 aliphatic rings. The van der Waals surface area contributed by atoms with Gasteiger partial charge in [0.2, 0.25) is 5.88 Å². The van der Waals surface area contributed by atoms with Gasteiger partial charge in [-0.1, -0.05) is 38.1 Å². The van der Waals surface area contributed by atoms with E-state index in [1.165, 1.54) is 11.3 Å². The minimum atomic E-state index is -0.104. The van der Waals surface area contributed by atoms with Crippen molar-refractivity contribution in [2.75, 3.05) is 37.9 Å². The Morgan fingerprint density at radius 3 is 2.40 bits per heavy atom. The second kappa shape index (κ2) is 7.70. The molecule has 0 saturated heterocycles. The van der Waals surface area contributed by atoms with Crippen molar-refractivity contribution >= 4 is 17.5 Å². The van der Waals surface area contributed by atoms with Gasteiger partial charge in [0.05, 0.1) is 12.7 Å². The summed E-state index contributed by atoms with van der Waals surface area (Å²) >= 11 is 0. The second-order valence-electron chi connectivity index (χ2n) is 7.75. The first-order valence-corrected chi connectivity index (χ1v) is 8.50. The molecule has 1 amide bonds. The maximum absolute atomic E-state index is 12.2. The highest BCUT2D eigenvalue weighted by molar-refractivity contribution is 5.90. The van der Waals surface area contributed by atoms with Crippen LogP contribution in [0.4, 0.5) is 11.6 Å². The molecular weight excluding hydrogens is 316 g/mol. The lowest BCUT2D eigenvalue weighted by molar-refractivity contribution is -0.885. The number of nitrogens with zero attached hydrogens (tertiary/aromatic N) is 2. The first kappa shape index (κ1) is 19.0. The number of benzene rings is 1. The standard InChI is InChI=1S/C19H28N4O2/c1-19(2,3)16-11-18(25-21-16)20-17(24)13-23(6)12-14-7-9-15(10-8-14)22(4)5/h7-11H,12-13H2,1-6H3,(H,20,24)/p+1. The number of likely N-dealkylation sites (N-methyl/N-ethyl adjacent to an activating group) is 1. The third kappa shape index (κ3) is 5.60. The van der Waals surface area contributed by atoms with Gasteiger partial charge in [-0.15, -0.1) is 0 Å². The van der Waals surface area contributed by atoms with E-state index in [9.17, 15) is 4.79 Å². The van der Waals surface area contributed by atoms with Gasteiger partial charge in [-0.3, -0.25) is 10.1 Å². The van der Waals surface area contributed by atoms with Gasteiger partial charge < -0.3 is 14.3 Å². The summed E-state index contributed by atoms with van der Waals surface area (Å²) in [4.78, 5) is 15.4. The van der Waals surface area contributed by atoms with Crippen LogP contribution in [0.25, 0.3) is 0 Å². The van der Waals surface area contributed by atoms with Crippen LogP contribution in [0.3, 0.4) is 0 Å². The Morgan fingerprint density at radius 1 is 1.24 bits per heavy atom. The molecule has 2 rings (SSSR count). The third-order valence-corrected chi connectivity index (χ3v) is 3.96. The van der Waals surface area contributed by atoms with Crippen molar-refractivity contribution in [1.82, 2.24) is 5.16 Å². The Balaban J connectivity index is 1.86. The monoisotopic (exact) mass is 345 g/mol. The molecule has 1 aromatic carbocycles. The molecule has 0 fully saturated rings. The summed E-state index contributed by atoms with van der Waals surface area (Å²) < 4.78 is 5.20. The lowest BCUT2D eigenvalue weighted by Crippen LogP contribution is -3.08. The highest BCUT2D eigenvalue weighted by Crippen LogP contribution is 2.23. The topological polar surface area (TPSA) is 62.8 Å². The molecule has 1 atom stereocenters. The molecule has 25 heavy (non-hydrogen) atoms. The van der Waals surface area contributed by atoms with Crippen LogP contribution in [0.1, 0.15) is 32.0 Å². The minimum absolute atomic E-state index is 0.0842. The highest BCUT2D eigenvalue weighted by Gasteiger charge is 2.20. The van der Waals surface area contributed by atoms with E-state index in [0.29, 0.717) is 12.4 Å². The van der Waals surface area contributed by atoms with Crippen LogP contribution in [-0.4, -0.2) is 38.8 Å². The van der Waals surface area contributed by atoms with Crippen molar-refractivity contribution in [3.05, 3.63) is 41.6 Å². The van der Waals surface area contributed by atoms with Gasteiger partial charge in [-0.05, 0) is 12.1 Å². The van der Waals surface area contributed by atoms with Crippen molar-refractivity contribution in [2.24, 2.45) is 0 Å². The van der Waals surface area contributed by atoms with Crippen molar-refractivity contribution < 1.29 is 14.2 Å². The summed E-state index contributed by atoms with van der Waals surface area (Å²) in [7, 11) is 6.04. The van der Waals surface area contributed by atoms with E-state index in [2.05, 4.69) is 60.4 Å². The number of rotatable bonds is 6. The molecule has 6 heteroatoms. The van der Waals surface area contributed by atoms with Crippen molar-refractivity contribution in [2.45, 2.75) is 32.7 Å². The summed E-state index contributed by atoms with van der Waals surface area (Å²) in [6, 6.07) is 10.2. The summed E-state index contributed by atoms with van der Waals surface area (Å²) in [5.41, 5.74) is 3.09. The molecule has 0 aliphatic carbocycles. The number of anilines is 2. The maximum Gasteiger partial charge on any atom is 0.281 e. The Labute approximate surface area is 149 Å². The third-order valence-electron chi connectivity index (χ3n) is 3.96. The van der Waals surface area contributed by atoms with Crippen LogP contribution in [0.2, 0.25) is 0 Å². The van der Waals surface area contributed by atoms with Crippen LogP contribution >= 0.6 is 0 Å². The molecule has 6 nitrogen and oxygen atoms in total. The van der Waals surface area contributed by atoms with E-state index in [-0.39, 0.29) is 11.3 Å². The molecular formula is C19H29N4O2+. The van der Waals surface area contributed by atoms with Crippen LogP contribution < -0.4 is 15.1 Å². The predicted molar refractivity (Wildman–Crippen MR) is 100 cm³/mol. The Bertz CT molecular complexity index is 699. The lowest BCUT2D eigenvalue weighted by atomic mass is 9.92. The molecule has 2 N–H and O–H groups in total. The molecule has 0 radical (unpaired) electrons. The number of hydrogen-bond donors (Lipinski definition) is 2. The van der Waals surface area contributed by atoms with Crippen LogP contribution in [-0.2, 0) is 16.8 Å². The molecule has 2 aromatic rings. The Morgan fingerprint density at radius 2 is 1.88 bits per heavy atom. The smallest absolute Gasteiger partial charge is 0.281 e. The van der Waals surface area contributed by atoms with Crippen LogP contribution in [0.5, 0.6) is 0 Å². The van der Waals surface area contributed by atoms with E-state index in [0.717, 1.165) is 17.1 Å². The van der Waals surface area contributed by atoms with Crippen LogP contribution in [0.15, 0.2) is 34.9 Å². The number of amides is 1. The molecule has 0 aliphatic heterocycles. The molecule has 136 valence electrons. The van der Waals surface area contributed by atoms with Gasteiger partial charge in [-0.2, -0.15) is 0 Å². The predicted octanol–water partition coefficient (Wildman–Crippen LogP) is 1.69. The quantitative estimate of drug-likeness (QED) is 0.836. The minimum Gasteiger partial charge on any atom is -0.378 e. The first-order valence-electron chi connectivity index (χ1n) is 8.50. The number of carbonyl (C=O) groups excluding carboxylic acids is 1. The summed E-state index contributed by atoms with van der Waals surface area (Å²) in [6.45, 7) is 7.30. The number of quaternary nitrogens is 1. The van der Waals surface area contributed by atoms with Gasteiger partial charge in [0.1, 0.15) is 6.54 Å². The fourth-order valence-electron chi connectivity index (χ4n) is 2.47.